The molecule has 1 aromatic heterocycles. The molecule has 5 nitrogen and oxygen atoms in total. The van der Waals surface area contributed by atoms with Crippen molar-refractivity contribution in [2.75, 3.05) is 27.2 Å². The number of aromatic nitrogens is 2. The Morgan fingerprint density at radius 3 is 2.44 bits per heavy atom. The van der Waals surface area contributed by atoms with Gasteiger partial charge in [-0.3, -0.25) is 9.48 Å². The molecule has 0 radical (unpaired) electrons. The topological polar surface area (TPSA) is 41.4 Å². The lowest BCUT2D eigenvalue weighted by Gasteiger charge is -2.24. The smallest absolute Gasteiger partial charge is 0.224 e. The largest absolute Gasteiger partial charge is 0.338 e. The molecule has 0 spiro atoms. The summed E-state index contributed by atoms with van der Waals surface area (Å²) in [4.78, 5) is 16.9. The van der Waals surface area contributed by atoms with Crippen LogP contribution in [-0.4, -0.2) is 52.7 Å². The Morgan fingerprint density at radius 1 is 1.11 bits per heavy atom. The predicted octanol–water partition coefficient (Wildman–Crippen LogP) is 4.18. The van der Waals surface area contributed by atoms with Crippen molar-refractivity contribution in [3.05, 3.63) is 51.3 Å². The van der Waals surface area contributed by atoms with Gasteiger partial charge in [0.25, 0.3) is 0 Å². The summed E-state index contributed by atoms with van der Waals surface area (Å²) in [5.74, 6) is 0.118. The van der Waals surface area contributed by atoms with E-state index in [0.29, 0.717) is 36.1 Å². The summed E-state index contributed by atoms with van der Waals surface area (Å²) in [6.45, 7) is 6.72. The third-order valence-corrected chi connectivity index (χ3v) is 5.12. The molecule has 0 saturated heterocycles. The molecule has 1 heterocycles. The minimum Gasteiger partial charge on any atom is -0.338 e. The lowest BCUT2D eigenvalue weighted by atomic mass is 10.2. The van der Waals surface area contributed by atoms with Gasteiger partial charge in [0.15, 0.2) is 0 Å². The first-order valence-corrected chi connectivity index (χ1v) is 9.89. The van der Waals surface area contributed by atoms with E-state index in [-0.39, 0.29) is 5.91 Å². The number of carbonyl (C=O) groups excluding carboxylic acids is 1. The molecule has 1 aromatic carbocycles. The number of rotatable bonds is 9. The molecule has 0 aliphatic carbocycles. The van der Waals surface area contributed by atoms with Crippen molar-refractivity contribution < 1.29 is 4.79 Å². The second kappa shape index (κ2) is 10.1. The second-order valence-corrected chi connectivity index (χ2v) is 7.94. The van der Waals surface area contributed by atoms with E-state index < -0.39 is 0 Å². The Kier molecular flexibility index (Phi) is 8.14. The fraction of sp³-hybridized carbons (Fsp3) is 0.500. The lowest BCUT2D eigenvalue weighted by Crippen LogP contribution is -2.33. The molecule has 0 aliphatic heterocycles. The fourth-order valence-electron chi connectivity index (χ4n) is 2.99. The number of hydrogen-bond donors (Lipinski definition) is 0. The number of halogens is 2. The molecule has 1 amide bonds. The monoisotopic (exact) mass is 410 g/mol. The van der Waals surface area contributed by atoms with Crippen molar-refractivity contribution in [3.63, 3.8) is 0 Å². The molecular weight excluding hydrogens is 383 g/mol. The molecule has 0 aliphatic rings. The molecule has 2 rings (SSSR count). The summed E-state index contributed by atoms with van der Waals surface area (Å²) in [5, 5.41) is 5.47. The SMILES string of the molecule is Cc1cc(C)n(CCC(=O)N(CCCN(C)C)Cc2ccc(Cl)c(Cl)c2)n1. The van der Waals surface area contributed by atoms with Crippen LogP contribution in [0.15, 0.2) is 24.3 Å². The van der Waals surface area contributed by atoms with E-state index in [9.17, 15) is 4.79 Å². The van der Waals surface area contributed by atoms with Gasteiger partial charge < -0.3 is 9.80 Å². The standard InChI is InChI=1S/C20H28Cl2N4O/c1-15-12-16(2)26(23-15)11-8-20(27)25(10-5-9-24(3)4)14-17-6-7-18(21)19(22)13-17/h6-7,12-13H,5,8-11,14H2,1-4H3. The normalized spacial score (nSPS) is 11.2. The van der Waals surface area contributed by atoms with Crippen LogP contribution in [0, 0.1) is 13.8 Å². The van der Waals surface area contributed by atoms with E-state index in [0.717, 1.165) is 29.9 Å². The molecule has 0 unspecified atom stereocenters. The van der Waals surface area contributed by atoms with Crippen LogP contribution in [0.25, 0.3) is 0 Å². The molecule has 0 fully saturated rings. The molecule has 0 saturated carbocycles. The van der Waals surface area contributed by atoms with Gasteiger partial charge in [-0.25, -0.2) is 0 Å². The highest BCUT2D eigenvalue weighted by atomic mass is 35.5. The summed E-state index contributed by atoms with van der Waals surface area (Å²) >= 11 is 12.1. The first kappa shape index (κ1) is 21.7. The quantitative estimate of drug-likeness (QED) is 0.622. The van der Waals surface area contributed by atoms with Gasteiger partial charge in [-0.1, -0.05) is 29.3 Å². The summed E-state index contributed by atoms with van der Waals surface area (Å²) in [6, 6.07) is 7.55. The number of carbonyl (C=O) groups is 1. The molecule has 0 bridgehead atoms. The maximum absolute atomic E-state index is 12.9. The first-order valence-electron chi connectivity index (χ1n) is 9.13. The Bertz CT molecular complexity index is 773. The molecular formula is C20H28Cl2N4O. The van der Waals surface area contributed by atoms with Crippen molar-refractivity contribution >= 4 is 29.1 Å². The summed E-state index contributed by atoms with van der Waals surface area (Å²) in [7, 11) is 4.07. The second-order valence-electron chi connectivity index (χ2n) is 7.12. The summed E-state index contributed by atoms with van der Waals surface area (Å²) in [6.07, 6.45) is 1.34. The zero-order valence-electron chi connectivity index (χ0n) is 16.5. The third-order valence-electron chi connectivity index (χ3n) is 4.38. The van der Waals surface area contributed by atoms with Crippen molar-refractivity contribution in [2.24, 2.45) is 0 Å². The van der Waals surface area contributed by atoms with Gasteiger partial charge in [-0.2, -0.15) is 5.10 Å². The Hall–Kier alpha value is -1.56. The van der Waals surface area contributed by atoms with Gasteiger partial charge in [-0.05, 0) is 64.7 Å². The van der Waals surface area contributed by atoms with Crippen molar-refractivity contribution in [2.45, 2.75) is 39.8 Å². The number of aryl methyl sites for hydroxylation is 3. The zero-order valence-corrected chi connectivity index (χ0v) is 18.0. The fourth-order valence-corrected chi connectivity index (χ4v) is 3.31. The Morgan fingerprint density at radius 2 is 1.85 bits per heavy atom. The van der Waals surface area contributed by atoms with Gasteiger partial charge in [0.05, 0.1) is 15.7 Å². The summed E-state index contributed by atoms with van der Waals surface area (Å²) < 4.78 is 1.89. The maximum Gasteiger partial charge on any atom is 0.224 e. The predicted molar refractivity (Wildman–Crippen MR) is 111 cm³/mol. The highest BCUT2D eigenvalue weighted by molar-refractivity contribution is 6.42. The Balaban J connectivity index is 2.03. The van der Waals surface area contributed by atoms with Gasteiger partial charge in [0.1, 0.15) is 0 Å². The average molecular weight is 411 g/mol. The Labute approximate surface area is 171 Å². The maximum atomic E-state index is 12.9. The van der Waals surface area contributed by atoms with E-state index in [4.69, 9.17) is 23.2 Å². The van der Waals surface area contributed by atoms with Crippen molar-refractivity contribution in [3.8, 4) is 0 Å². The van der Waals surface area contributed by atoms with Gasteiger partial charge in [0, 0.05) is 31.7 Å². The van der Waals surface area contributed by atoms with Gasteiger partial charge in [0.2, 0.25) is 5.91 Å². The van der Waals surface area contributed by atoms with Crippen LogP contribution >= 0.6 is 23.2 Å². The van der Waals surface area contributed by atoms with E-state index in [1.807, 2.05) is 55.7 Å². The minimum absolute atomic E-state index is 0.118. The van der Waals surface area contributed by atoms with Crippen LogP contribution in [-0.2, 0) is 17.9 Å². The van der Waals surface area contributed by atoms with E-state index in [1.54, 1.807) is 6.07 Å². The van der Waals surface area contributed by atoms with Crippen LogP contribution in [0.3, 0.4) is 0 Å². The van der Waals surface area contributed by atoms with Crippen LogP contribution in [0.1, 0.15) is 29.8 Å². The van der Waals surface area contributed by atoms with Crippen LogP contribution in [0.2, 0.25) is 10.0 Å². The van der Waals surface area contributed by atoms with Crippen molar-refractivity contribution in [1.82, 2.24) is 19.6 Å². The number of amides is 1. The summed E-state index contributed by atoms with van der Waals surface area (Å²) in [5.41, 5.74) is 3.02. The molecule has 7 heteroatoms. The van der Waals surface area contributed by atoms with Gasteiger partial charge in [-0.15, -0.1) is 0 Å². The van der Waals surface area contributed by atoms with E-state index in [2.05, 4.69) is 10.00 Å². The molecule has 0 N–H and O–H groups in total. The van der Waals surface area contributed by atoms with Crippen LogP contribution in [0.4, 0.5) is 0 Å². The average Bonchev–Trinajstić information content (AvgIpc) is 2.92. The first-order chi connectivity index (χ1) is 12.8. The minimum atomic E-state index is 0.118. The van der Waals surface area contributed by atoms with Crippen molar-refractivity contribution in [1.29, 1.82) is 0 Å². The van der Waals surface area contributed by atoms with Crippen LogP contribution in [0.5, 0.6) is 0 Å². The molecule has 148 valence electrons. The van der Waals surface area contributed by atoms with Gasteiger partial charge >= 0.3 is 0 Å². The molecule has 2 aromatic rings. The van der Waals surface area contributed by atoms with E-state index in [1.165, 1.54) is 0 Å². The van der Waals surface area contributed by atoms with E-state index >= 15 is 0 Å². The molecule has 0 atom stereocenters. The van der Waals surface area contributed by atoms with Crippen LogP contribution < -0.4 is 0 Å². The molecule has 27 heavy (non-hydrogen) atoms. The number of benzene rings is 1. The zero-order chi connectivity index (χ0) is 20.0. The highest BCUT2D eigenvalue weighted by Crippen LogP contribution is 2.23. The number of hydrogen-bond acceptors (Lipinski definition) is 3. The highest BCUT2D eigenvalue weighted by Gasteiger charge is 2.15. The number of nitrogens with zero attached hydrogens (tertiary/aromatic N) is 4. The lowest BCUT2D eigenvalue weighted by molar-refractivity contribution is -0.132. The third kappa shape index (κ3) is 6.83.